The molecule has 0 radical (unpaired) electrons. The average molecular weight is 236 g/mol. The maximum Gasteiger partial charge on any atom is 0.336 e. The largest absolute Gasteiger partial charge is 0.526 e. The lowest BCUT2D eigenvalue weighted by atomic mass is 10.2. The third kappa shape index (κ3) is 4.10. The predicted molar refractivity (Wildman–Crippen MR) is 62.0 cm³/mol. The van der Waals surface area contributed by atoms with Crippen LogP contribution in [0.1, 0.15) is 5.56 Å². The highest BCUT2D eigenvalue weighted by Crippen LogP contribution is 2.11. The molecule has 1 aromatic carbocycles. The minimum Gasteiger partial charge on any atom is -0.526 e. The van der Waals surface area contributed by atoms with Gasteiger partial charge in [-0.2, -0.15) is 0 Å². The van der Waals surface area contributed by atoms with Gasteiger partial charge in [0.1, 0.15) is 5.75 Å². The highest BCUT2D eigenvalue weighted by Gasteiger charge is 2.01. The normalized spacial score (nSPS) is 10.3. The Morgan fingerprint density at radius 1 is 1.12 bits per heavy atom. The summed E-state index contributed by atoms with van der Waals surface area (Å²) >= 11 is 0. The van der Waals surface area contributed by atoms with E-state index in [4.69, 9.17) is 4.74 Å². The Morgan fingerprint density at radius 2 is 1.69 bits per heavy atom. The van der Waals surface area contributed by atoms with Crippen molar-refractivity contribution >= 4 is 22.4 Å². The molecule has 0 aliphatic heterocycles. The van der Waals surface area contributed by atoms with Gasteiger partial charge in [0.05, 0.1) is 0 Å². The summed E-state index contributed by atoms with van der Waals surface area (Å²) in [6.45, 7) is 1.94. The molecule has 84 valence electrons. The zero-order valence-corrected chi connectivity index (χ0v) is 11.1. The van der Waals surface area contributed by atoms with Gasteiger partial charge in [-0.1, -0.05) is 17.7 Å². The van der Waals surface area contributed by atoms with Crippen molar-refractivity contribution in [2.24, 2.45) is 0 Å². The van der Waals surface area contributed by atoms with Gasteiger partial charge in [-0.15, -0.1) is 0 Å². The van der Waals surface area contributed by atoms with E-state index in [1.165, 1.54) is 0 Å². The first-order valence-electron chi connectivity index (χ1n) is 4.66. The van der Waals surface area contributed by atoms with Gasteiger partial charge in [0, 0.05) is 12.2 Å². The van der Waals surface area contributed by atoms with Gasteiger partial charge in [-0.25, -0.2) is 9.59 Å². The third-order valence-electron chi connectivity index (χ3n) is 1.80. The fourth-order valence-corrected chi connectivity index (χ4v) is 1.10. The van der Waals surface area contributed by atoms with E-state index < -0.39 is 11.9 Å². The van der Waals surface area contributed by atoms with Gasteiger partial charge >= 0.3 is 11.9 Å². The van der Waals surface area contributed by atoms with Crippen LogP contribution in [0.25, 0.3) is 0 Å². The first kappa shape index (κ1) is 12.2. The molecule has 5 heteroatoms. The van der Waals surface area contributed by atoms with Crippen LogP contribution < -0.4 is 4.74 Å². The minimum absolute atomic E-state index is 0.306. The highest BCUT2D eigenvalue weighted by molar-refractivity contribution is 6.08. The number of hydrogen-bond donors (Lipinski definition) is 0. The molecule has 0 heterocycles. The van der Waals surface area contributed by atoms with Gasteiger partial charge < -0.3 is 9.16 Å². The van der Waals surface area contributed by atoms with Crippen molar-refractivity contribution in [2.75, 3.05) is 0 Å². The van der Waals surface area contributed by atoms with Crippen LogP contribution >= 0.6 is 0 Å². The first-order valence-corrected chi connectivity index (χ1v) is 5.48. The van der Waals surface area contributed by atoms with Crippen molar-refractivity contribution in [3.63, 3.8) is 0 Å². The summed E-state index contributed by atoms with van der Waals surface area (Å²) in [6.07, 6.45) is 2.09. The molecular weight excluding hydrogens is 224 g/mol. The summed E-state index contributed by atoms with van der Waals surface area (Å²) in [5.74, 6) is -0.692. The second kappa shape index (κ2) is 5.87. The average Bonchev–Trinajstić information content (AvgIpc) is 2.29. The van der Waals surface area contributed by atoms with E-state index in [9.17, 15) is 9.59 Å². The smallest absolute Gasteiger partial charge is 0.336 e. The molecule has 16 heavy (non-hydrogen) atoms. The standard InChI is InChI=1S/C11H12O4Si/c1-8-2-4-9(5-3-8)14-10(12)6-7-11(13)15-16/h2-7H,1,16H3/b7-6-. The number of aryl methyl sites for hydroxylation is 1. The molecule has 0 aliphatic carbocycles. The van der Waals surface area contributed by atoms with Gasteiger partial charge in [0.2, 0.25) is 10.5 Å². The van der Waals surface area contributed by atoms with Crippen molar-refractivity contribution in [2.45, 2.75) is 6.92 Å². The lowest BCUT2D eigenvalue weighted by molar-refractivity contribution is -0.131. The molecule has 1 aromatic rings. The Balaban J connectivity index is 2.55. The summed E-state index contributed by atoms with van der Waals surface area (Å²) < 4.78 is 9.41. The molecule has 0 spiro atoms. The van der Waals surface area contributed by atoms with Crippen molar-refractivity contribution in [3.05, 3.63) is 42.0 Å². The second-order valence-electron chi connectivity index (χ2n) is 3.09. The quantitative estimate of drug-likeness (QED) is 0.327. The Labute approximate surface area is 96.4 Å². The van der Waals surface area contributed by atoms with Crippen LogP contribution in [0.3, 0.4) is 0 Å². The molecule has 0 bridgehead atoms. The van der Waals surface area contributed by atoms with Crippen LogP contribution in [0.2, 0.25) is 0 Å². The number of ether oxygens (including phenoxy) is 1. The number of rotatable bonds is 3. The first-order chi connectivity index (χ1) is 7.61. The number of hydrogen-bond acceptors (Lipinski definition) is 4. The summed E-state index contributed by atoms with van der Waals surface area (Å²) in [4.78, 5) is 21.9. The zero-order chi connectivity index (χ0) is 12.0. The molecule has 0 aliphatic rings. The van der Waals surface area contributed by atoms with Crippen molar-refractivity contribution in [1.29, 1.82) is 0 Å². The topological polar surface area (TPSA) is 52.6 Å². The summed E-state index contributed by atoms with van der Waals surface area (Å²) in [5.41, 5.74) is 1.08. The van der Waals surface area contributed by atoms with E-state index in [1.54, 1.807) is 12.1 Å². The van der Waals surface area contributed by atoms with Crippen LogP contribution in [-0.4, -0.2) is 22.4 Å². The number of esters is 1. The van der Waals surface area contributed by atoms with Crippen LogP contribution in [-0.2, 0) is 14.0 Å². The number of carbonyl (C=O) groups is 2. The van der Waals surface area contributed by atoms with Crippen LogP contribution in [0.4, 0.5) is 0 Å². The van der Waals surface area contributed by atoms with E-state index in [2.05, 4.69) is 4.43 Å². The number of carbonyl (C=O) groups excluding carboxylic acids is 2. The maximum atomic E-state index is 11.2. The van der Waals surface area contributed by atoms with E-state index in [-0.39, 0.29) is 0 Å². The fourth-order valence-electron chi connectivity index (χ4n) is 0.961. The van der Waals surface area contributed by atoms with Crippen molar-refractivity contribution < 1.29 is 18.8 Å². The van der Waals surface area contributed by atoms with Crippen molar-refractivity contribution in [3.8, 4) is 5.75 Å². The fraction of sp³-hybridized carbons (Fsp3) is 0.0909. The number of benzene rings is 1. The van der Waals surface area contributed by atoms with Crippen LogP contribution in [0, 0.1) is 6.92 Å². The molecule has 0 atom stereocenters. The van der Waals surface area contributed by atoms with Gasteiger partial charge in [0.25, 0.3) is 0 Å². The molecule has 0 unspecified atom stereocenters. The van der Waals surface area contributed by atoms with E-state index >= 15 is 0 Å². The Bertz CT molecular complexity index is 408. The minimum atomic E-state index is -0.601. The summed E-state index contributed by atoms with van der Waals surface area (Å²) in [7, 11) is 0.306. The van der Waals surface area contributed by atoms with E-state index in [0.29, 0.717) is 16.2 Å². The Kier molecular flexibility index (Phi) is 4.47. The van der Waals surface area contributed by atoms with Crippen LogP contribution in [0.5, 0.6) is 5.75 Å². The summed E-state index contributed by atoms with van der Waals surface area (Å²) in [6, 6.07) is 7.04. The molecule has 0 saturated carbocycles. The van der Waals surface area contributed by atoms with Gasteiger partial charge in [-0.05, 0) is 19.1 Å². The molecule has 0 N–H and O–H groups in total. The molecule has 0 amide bonds. The van der Waals surface area contributed by atoms with E-state index in [0.717, 1.165) is 17.7 Å². The molecule has 0 fully saturated rings. The SMILES string of the molecule is Cc1ccc(OC(=O)/C=C\C(=O)O[SiH3])cc1. The predicted octanol–water partition coefficient (Wildman–Crippen LogP) is 0.280. The highest BCUT2D eigenvalue weighted by atomic mass is 28.2. The maximum absolute atomic E-state index is 11.2. The summed E-state index contributed by atoms with van der Waals surface area (Å²) in [5, 5.41) is 0. The lowest BCUT2D eigenvalue weighted by Gasteiger charge is -2.00. The van der Waals surface area contributed by atoms with E-state index in [1.807, 2.05) is 19.1 Å². The third-order valence-corrected chi connectivity index (χ3v) is 2.20. The van der Waals surface area contributed by atoms with Gasteiger partial charge in [0.15, 0.2) is 0 Å². The van der Waals surface area contributed by atoms with Crippen molar-refractivity contribution in [1.82, 2.24) is 0 Å². The Morgan fingerprint density at radius 3 is 2.25 bits per heavy atom. The molecular formula is C11H12O4Si. The van der Waals surface area contributed by atoms with Gasteiger partial charge in [-0.3, -0.25) is 0 Å². The molecule has 4 nitrogen and oxygen atoms in total. The Hall–Kier alpha value is -1.88. The molecule has 0 aromatic heterocycles. The lowest BCUT2D eigenvalue weighted by Crippen LogP contribution is -2.05. The zero-order valence-electron chi connectivity index (χ0n) is 9.10. The molecule has 0 saturated heterocycles. The van der Waals surface area contributed by atoms with Crippen LogP contribution in [0.15, 0.2) is 36.4 Å². The second-order valence-corrected chi connectivity index (χ2v) is 3.50. The molecule has 1 rings (SSSR count). The monoisotopic (exact) mass is 236 g/mol.